The summed E-state index contributed by atoms with van der Waals surface area (Å²) in [6.45, 7) is 2.22. The Hall–Kier alpha value is -2.76. The molecule has 7 nitrogen and oxygen atoms in total. The fourth-order valence-electron chi connectivity index (χ4n) is 4.18. The molecule has 1 aliphatic carbocycles. The van der Waals surface area contributed by atoms with Gasteiger partial charge in [0.25, 0.3) is 0 Å². The smallest absolute Gasteiger partial charge is 0.237 e. The van der Waals surface area contributed by atoms with Crippen LogP contribution in [0.25, 0.3) is 11.6 Å². The number of amides is 1. The van der Waals surface area contributed by atoms with Gasteiger partial charge in [0.2, 0.25) is 11.7 Å². The summed E-state index contributed by atoms with van der Waals surface area (Å²) in [5.41, 5.74) is 1.62. The molecule has 2 heterocycles. The van der Waals surface area contributed by atoms with Crippen LogP contribution in [0.15, 0.2) is 46.2 Å². The summed E-state index contributed by atoms with van der Waals surface area (Å²) in [5.74, 6) is 1.49. The second-order valence-corrected chi connectivity index (χ2v) is 9.47. The van der Waals surface area contributed by atoms with E-state index in [4.69, 9.17) is 21.3 Å². The van der Waals surface area contributed by atoms with Crippen LogP contribution < -0.4 is 4.90 Å². The number of thioether (sulfide) groups is 1. The molecule has 9 heteroatoms. The minimum atomic E-state index is -0.0882. The van der Waals surface area contributed by atoms with Crippen molar-refractivity contribution in [2.24, 2.45) is 0 Å². The molecule has 0 bridgehead atoms. The lowest BCUT2D eigenvalue weighted by Gasteiger charge is -2.25. The van der Waals surface area contributed by atoms with Gasteiger partial charge in [-0.1, -0.05) is 42.6 Å². The SMILES string of the molecule is Cc1cc(N(CCC#N)C(=O)CSc2nnc(-c3ccco3)n2C2CCCCC2)ccc1Cl. The average molecular weight is 484 g/mol. The quantitative estimate of drug-likeness (QED) is 0.363. The average Bonchev–Trinajstić information content (AvgIpc) is 3.50. The van der Waals surface area contributed by atoms with Crippen LogP contribution >= 0.6 is 23.4 Å². The zero-order valence-electron chi connectivity index (χ0n) is 18.5. The standard InChI is InChI=1S/C24H26ClN5O2S/c1-17-15-19(10-11-20(17)25)29(13-6-12-26)22(31)16-33-24-28-27-23(21-9-5-14-32-21)30(24)18-7-3-2-4-8-18/h5,9-11,14-15,18H,2-4,6-8,13,16H2,1H3. The first-order valence-corrected chi connectivity index (χ1v) is 12.5. The zero-order chi connectivity index (χ0) is 23.2. The van der Waals surface area contributed by atoms with Crippen LogP contribution in [0.5, 0.6) is 0 Å². The second-order valence-electron chi connectivity index (χ2n) is 8.12. The molecule has 0 atom stereocenters. The number of hydrogen-bond acceptors (Lipinski definition) is 6. The topological polar surface area (TPSA) is 87.9 Å². The van der Waals surface area contributed by atoms with E-state index in [1.54, 1.807) is 17.2 Å². The zero-order valence-corrected chi connectivity index (χ0v) is 20.1. The van der Waals surface area contributed by atoms with Crippen molar-refractivity contribution in [3.8, 4) is 17.7 Å². The number of nitriles is 1. The van der Waals surface area contributed by atoms with E-state index in [1.807, 2.05) is 31.2 Å². The van der Waals surface area contributed by atoms with Gasteiger partial charge in [0, 0.05) is 23.3 Å². The lowest BCUT2D eigenvalue weighted by Crippen LogP contribution is -2.33. The van der Waals surface area contributed by atoms with E-state index < -0.39 is 0 Å². The molecule has 0 N–H and O–H groups in total. The first-order valence-electron chi connectivity index (χ1n) is 11.1. The molecular formula is C24H26ClN5O2S. The van der Waals surface area contributed by atoms with Crippen molar-refractivity contribution in [2.45, 2.75) is 56.6 Å². The number of benzene rings is 1. The third kappa shape index (κ3) is 5.43. The Morgan fingerprint density at radius 3 is 2.82 bits per heavy atom. The molecule has 3 aromatic rings. The number of furan rings is 1. The minimum absolute atomic E-state index is 0.0882. The van der Waals surface area contributed by atoms with E-state index in [0.29, 0.717) is 34.4 Å². The van der Waals surface area contributed by atoms with Crippen LogP contribution in [0.2, 0.25) is 5.02 Å². The van der Waals surface area contributed by atoms with E-state index in [2.05, 4.69) is 20.8 Å². The molecule has 33 heavy (non-hydrogen) atoms. The summed E-state index contributed by atoms with van der Waals surface area (Å²) >= 11 is 7.54. The van der Waals surface area contributed by atoms with Gasteiger partial charge in [-0.25, -0.2) is 0 Å². The van der Waals surface area contributed by atoms with E-state index in [-0.39, 0.29) is 18.1 Å². The Morgan fingerprint density at radius 2 is 2.12 bits per heavy atom. The molecule has 4 rings (SSSR count). The van der Waals surface area contributed by atoms with Crippen LogP contribution in [-0.4, -0.2) is 33.0 Å². The number of aryl methyl sites for hydroxylation is 1. The molecule has 1 aliphatic rings. The van der Waals surface area contributed by atoms with Crippen LogP contribution in [0, 0.1) is 18.3 Å². The number of hydrogen-bond donors (Lipinski definition) is 0. The highest BCUT2D eigenvalue weighted by molar-refractivity contribution is 7.99. The van der Waals surface area contributed by atoms with Crippen molar-refractivity contribution < 1.29 is 9.21 Å². The number of rotatable bonds is 8. The summed E-state index contributed by atoms with van der Waals surface area (Å²) in [5, 5.41) is 19.3. The first kappa shape index (κ1) is 23.4. The predicted molar refractivity (Wildman–Crippen MR) is 129 cm³/mol. The van der Waals surface area contributed by atoms with E-state index in [9.17, 15) is 4.79 Å². The van der Waals surface area contributed by atoms with Crippen molar-refractivity contribution in [2.75, 3.05) is 17.2 Å². The number of anilines is 1. The summed E-state index contributed by atoms with van der Waals surface area (Å²) in [6, 6.07) is 11.6. The normalized spacial score (nSPS) is 14.2. The van der Waals surface area contributed by atoms with Crippen molar-refractivity contribution >= 4 is 35.0 Å². The molecule has 2 aromatic heterocycles. The van der Waals surface area contributed by atoms with E-state index in [1.165, 1.54) is 31.0 Å². The highest BCUT2D eigenvalue weighted by Crippen LogP contribution is 2.36. The maximum atomic E-state index is 13.2. The maximum absolute atomic E-state index is 13.2. The molecule has 0 aliphatic heterocycles. The number of nitrogens with zero attached hydrogens (tertiary/aromatic N) is 5. The molecule has 0 unspecified atom stereocenters. The van der Waals surface area contributed by atoms with Crippen molar-refractivity contribution in [3.63, 3.8) is 0 Å². The third-order valence-electron chi connectivity index (χ3n) is 5.87. The molecular weight excluding hydrogens is 458 g/mol. The molecule has 1 aromatic carbocycles. The van der Waals surface area contributed by atoms with Crippen molar-refractivity contribution in [1.29, 1.82) is 5.26 Å². The first-order chi connectivity index (χ1) is 16.1. The van der Waals surface area contributed by atoms with Gasteiger partial charge in [0.05, 0.1) is 24.5 Å². The highest BCUT2D eigenvalue weighted by atomic mass is 35.5. The monoisotopic (exact) mass is 483 g/mol. The Bertz CT molecular complexity index is 1130. The predicted octanol–water partition coefficient (Wildman–Crippen LogP) is 6.04. The number of carbonyl (C=O) groups excluding carboxylic acids is 1. The Balaban J connectivity index is 1.56. The minimum Gasteiger partial charge on any atom is -0.461 e. The lowest BCUT2D eigenvalue weighted by molar-refractivity contribution is -0.116. The maximum Gasteiger partial charge on any atom is 0.237 e. The Kier molecular flexibility index (Phi) is 7.73. The van der Waals surface area contributed by atoms with Gasteiger partial charge in [-0.05, 0) is 55.7 Å². The highest BCUT2D eigenvalue weighted by Gasteiger charge is 2.26. The van der Waals surface area contributed by atoms with Gasteiger partial charge in [-0.3, -0.25) is 9.36 Å². The number of carbonyl (C=O) groups is 1. The van der Waals surface area contributed by atoms with Crippen molar-refractivity contribution in [1.82, 2.24) is 14.8 Å². The molecule has 0 radical (unpaired) electrons. The van der Waals surface area contributed by atoms with E-state index >= 15 is 0 Å². The molecule has 1 fully saturated rings. The third-order valence-corrected chi connectivity index (χ3v) is 7.22. The van der Waals surface area contributed by atoms with Gasteiger partial charge in [-0.2, -0.15) is 5.26 Å². The van der Waals surface area contributed by atoms with Crippen LogP contribution in [0.3, 0.4) is 0 Å². The Morgan fingerprint density at radius 1 is 1.30 bits per heavy atom. The molecule has 172 valence electrons. The van der Waals surface area contributed by atoms with Gasteiger partial charge in [-0.15, -0.1) is 10.2 Å². The Labute approximate surface area is 202 Å². The van der Waals surface area contributed by atoms with Crippen LogP contribution in [0.1, 0.15) is 50.1 Å². The summed E-state index contributed by atoms with van der Waals surface area (Å²) in [4.78, 5) is 14.9. The van der Waals surface area contributed by atoms with Crippen LogP contribution in [-0.2, 0) is 4.79 Å². The van der Waals surface area contributed by atoms with Crippen LogP contribution in [0.4, 0.5) is 5.69 Å². The fraction of sp³-hybridized carbons (Fsp3) is 0.417. The fourth-order valence-corrected chi connectivity index (χ4v) is 5.18. The summed E-state index contributed by atoms with van der Waals surface area (Å²) < 4.78 is 7.74. The summed E-state index contributed by atoms with van der Waals surface area (Å²) in [7, 11) is 0. The van der Waals surface area contributed by atoms with Gasteiger partial charge < -0.3 is 9.32 Å². The number of halogens is 1. The largest absolute Gasteiger partial charge is 0.461 e. The molecule has 1 saturated carbocycles. The molecule has 1 amide bonds. The summed E-state index contributed by atoms with van der Waals surface area (Å²) in [6.07, 6.45) is 7.58. The van der Waals surface area contributed by atoms with E-state index in [0.717, 1.165) is 24.1 Å². The lowest BCUT2D eigenvalue weighted by atomic mass is 9.95. The molecule has 0 spiro atoms. The second kappa shape index (κ2) is 10.9. The van der Waals surface area contributed by atoms with Crippen molar-refractivity contribution in [3.05, 3.63) is 47.2 Å². The van der Waals surface area contributed by atoms with Gasteiger partial charge in [0.1, 0.15) is 0 Å². The van der Waals surface area contributed by atoms with Gasteiger partial charge in [0.15, 0.2) is 10.9 Å². The van der Waals surface area contributed by atoms with Gasteiger partial charge >= 0.3 is 0 Å². The number of aromatic nitrogens is 3. The molecule has 0 saturated heterocycles.